The molecule has 1 heterocycles. The molecule has 21 heavy (non-hydrogen) atoms. The average Bonchev–Trinajstić information content (AvgIpc) is 2.46. The molecule has 0 radical (unpaired) electrons. The van der Waals surface area contributed by atoms with E-state index in [1.165, 1.54) is 29.2 Å². The number of likely N-dealkylation sites (tertiary alicyclic amines) is 1. The second-order valence-electron chi connectivity index (χ2n) is 4.75. The van der Waals surface area contributed by atoms with E-state index in [4.69, 9.17) is 5.11 Å². The molecule has 1 aliphatic heterocycles. The first-order valence-electron chi connectivity index (χ1n) is 6.57. The Balaban J connectivity index is 2.20. The number of carbonyl (C=O) groups excluding carboxylic acids is 1. The number of hydrogen-bond donors (Lipinski definition) is 1. The van der Waals surface area contributed by atoms with Gasteiger partial charge in [-0.05, 0) is 37.5 Å². The summed E-state index contributed by atoms with van der Waals surface area (Å²) in [6, 6.07) is 4.51. The summed E-state index contributed by atoms with van der Waals surface area (Å²) in [6.45, 7) is -2.63. The summed E-state index contributed by atoms with van der Waals surface area (Å²) in [5.74, 6) is -1.66. The predicted molar refractivity (Wildman–Crippen MR) is 69.4 cm³/mol. The molecule has 1 aliphatic rings. The minimum atomic E-state index is -2.97. The normalized spacial score (nSPS) is 18.6. The number of carbonyl (C=O) groups is 2. The summed E-state index contributed by atoms with van der Waals surface area (Å²) in [6.07, 6.45) is 1.87. The van der Waals surface area contributed by atoms with Gasteiger partial charge in [0, 0.05) is 12.1 Å². The molecule has 0 spiro atoms. The standard InChI is InChI=1S/C14H15F2NO4/c15-14(16)21-10-5-3-4-9(8-10)12(18)17-7-2-1-6-11(17)13(19)20/h3-5,8,11,14H,1-2,6-7H2,(H,19,20). The number of alkyl halides is 2. The maximum absolute atomic E-state index is 12.4. The van der Waals surface area contributed by atoms with Crippen molar-refractivity contribution in [3.63, 3.8) is 0 Å². The van der Waals surface area contributed by atoms with Crippen LogP contribution in [0.15, 0.2) is 24.3 Å². The summed E-state index contributed by atoms with van der Waals surface area (Å²) >= 11 is 0. The molecule has 0 aromatic heterocycles. The van der Waals surface area contributed by atoms with Crippen molar-refractivity contribution in [1.29, 1.82) is 0 Å². The molecule has 0 bridgehead atoms. The number of hydrogen-bond acceptors (Lipinski definition) is 3. The Morgan fingerprint density at radius 3 is 2.76 bits per heavy atom. The zero-order chi connectivity index (χ0) is 15.4. The SMILES string of the molecule is O=C(O)C1CCCCN1C(=O)c1cccc(OC(F)F)c1. The summed E-state index contributed by atoms with van der Waals surface area (Å²) in [5.41, 5.74) is 0.140. The zero-order valence-corrected chi connectivity index (χ0v) is 11.2. The number of carboxylic acids is 1. The van der Waals surface area contributed by atoms with Gasteiger partial charge in [-0.2, -0.15) is 8.78 Å². The van der Waals surface area contributed by atoms with E-state index in [9.17, 15) is 18.4 Å². The molecule has 0 saturated carbocycles. The van der Waals surface area contributed by atoms with Crippen molar-refractivity contribution < 1.29 is 28.2 Å². The quantitative estimate of drug-likeness (QED) is 0.927. The predicted octanol–water partition coefficient (Wildman–Crippen LogP) is 2.37. The molecular formula is C14H15F2NO4. The smallest absolute Gasteiger partial charge is 0.387 e. The van der Waals surface area contributed by atoms with Crippen LogP contribution in [0.3, 0.4) is 0 Å². The number of aliphatic carboxylic acids is 1. The number of carboxylic acid groups (broad SMARTS) is 1. The van der Waals surface area contributed by atoms with Gasteiger partial charge in [-0.3, -0.25) is 4.79 Å². The second-order valence-corrected chi connectivity index (χ2v) is 4.75. The lowest BCUT2D eigenvalue weighted by Gasteiger charge is -2.33. The molecule has 1 N–H and O–H groups in total. The van der Waals surface area contributed by atoms with Gasteiger partial charge in [0.05, 0.1) is 0 Å². The highest BCUT2D eigenvalue weighted by Crippen LogP contribution is 2.22. The summed E-state index contributed by atoms with van der Waals surface area (Å²) in [4.78, 5) is 24.8. The zero-order valence-electron chi connectivity index (χ0n) is 11.2. The fourth-order valence-electron chi connectivity index (χ4n) is 2.40. The van der Waals surface area contributed by atoms with Crippen LogP contribution in [0.1, 0.15) is 29.6 Å². The van der Waals surface area contributed by atoms with E-state index in [1.54, 1.807) is 0 Å². The summed E-state index contributed by atoms with van der Waals surface area (Å²) in [5, 5.41) is 9.16. The number of piperidine rings is 1. The highest BCUT2D eigenvalue weighted by Gasteiger charge is 2.32. The number of nitrogens with zero attached hydrogens (tertiary/aromatic N) is 1. The van der Waals surface area contributed by atoms with Crippen molar-refractivity contribution in [1.82, 2.24) is 4.90 Å². The van der Waals surface area contributed by atoms with Gasteiger partial charge < -0.3 is 14.7 Å². The minimum Gasteiger partial charge on any atom is -0.480 e. The first kappa shape index (κ1) is 15.2. The molecule has 1 atom stereocenters. The molecule has 1 saturated heterocycles. The lowest BCUT2D eigenvalue weighted by atomic mass is 10.0. The molecular weight excluding hydrogens is 284 g/mol. The maximum Gasteiger partial charge on any atom is 0.387 e. The molecule has 0 aliphatic carbocycles. The molecule has 7 heteroatoms. The third-order valence-corrected chi connectivity index (χ3v) is 3.35. The number of benzene rings is 1. The van der Waals surface area contributed by atoms with Gasteiger partial charge in [0.25, 0.3) is 5.91 Å². The first-order valence-corrected chi connectivity index (χ1v) is 6.57. The average molecular weight is 299 g/mol. The van der Waals surface area contributed by atoms with Crippen molar-refractivity contribution in [2.24, 2.45) is 0 Å². The van der Waals surface area contributed by atoms with E-state index in [0.29, 0.717) is 13.0 Å². The van der Waals surface area contributed by atoms with Crippen LogP contribution in [0.4, 0.5) is 8.78 Å². The Hall–Kier alpha value is -2.18. The van der Waals surface area contributed by atoms with Crippen LogP contribution in [0, 0.1) is 0 Å². The molecule has 1 aromatic carbocycles. The number of amides is 1. The summed E-state index contributed by atoms with van der Waals surface area (Å²) in [7, 11) is 0. The van der Waals surface area contributed by atoms with E-state index in [-0.39, 0.29) is 11.3 Å². The minimum absolute atomic E-state index is 0.125. The number of rotatable bonds is 4. The van der Waals surface area contributed by atoms with Crippen molar-refractivity contribution in [3.8, 4) is 5.75 Å². The van der Waals surface area contributed by atoms with Crippen LogP contribution in [0.2, 0.25) is 0 Å². The van der Waals surface area contributed by atoms with E-state index in [1.807, 2.05) is 0 Å². The van der Waals surface area contributed by atoms with Gasteiger partial charge in [-0.25, -0.2) is 4.79 Å². The van der Waals surface area contributed by atoms with Crippen molar-refractivity contribution in [2.75, 3.05) is 6.54 Å². The molecule has 1 unspecified atom stereocenters. The van der Waals surface area contributed by atoms with Crippen LogP contribution >= 0.6 is 0 Å². The van der Waals surface area contributed by atoms with Crippen LogP contribution < -0.4 is 4.74 Å². The third kappa shape index (κ3) is 3.68. The van der Waals surface area contributed by atoms with Crippen molar-refractivity contribution in [3.05, 3.63) is 29.8 Å². The molecule has 114 valence electrons. The molecule has 1 amide bonds. The lowest BCUT2D eigenvalue weighted by molar-refractivity contribution is -0.143. The Bertz CT molecular complexity index is 535. The van der Waals surface area contributed by atoms with Gasteiger partial charge in [0.15, 0.2) is 0 Å². The topological polar surface area (TPSA) is 66.8 Å². The Labute approximate surface area is 120 Å². The third-order valence-electron chi connectivity index (χ3n) is 3.35. The van der Waals surface area contributed by atoms with Gasteiger partial charge >= 0.3 is 12.6 Å². The largest absolute Gasteiger partial charge is 0.480 e. The molecule has 1 aromatic rings. The van der Waals surface area contributed by atoms with E-state index in [0.717, 1.165) is 12.8 Å². The van der Waals surface area contributed by atoms with Gasteiger partial charge in [-0.1, -0.05) is 6.07 Å². The van der Waals surface area contributed by atoms with E-state index < -0.39 is 24.5 Å². The Morgan fingerprint density at radius 1 is 1.33 bits per heavy atom. The molecule has 5 nitrogen and oxygen atoms in total. The highest BCUT2D eigenvalue weighted by molar-refractivity contribution is 5.97. The Kier molecular flexibility index (Phi) is 4.72. The fraction of sp³-hybridized carbons (Fsp3) is 0.429. The summed E-state index contributed by atoms with van der Waals surface area (Å²) < 4.78 is 28.6. The van der Waals surface area contributed by atoms with Crippen molar-refractivity contribution >= 4 is 11.9 Å². The number of halogens is 2. The first-order chi connectivity index (χ1) is 9.99. The van der Waals surface area contributed by atoms with Crippen molar-refractivity contribution in [2.45, 2.75) is 31.9 Å². The fourth-order valence-corrected chi connectivity index (χ4v) is 2.40. The van der Waals surface area contributed by atoms with Crippen LogP contribution in [-0.2, 0) is 4.79 Å². The maximum atomic E-state index is 12.4. The van der Waals surface area contributed by atoms with Crippen LogP contribution in [-0.4, -0.2) is 41.1 Å². The lowest BCUT2D eigenvalue weighted by Crippen LogP contribution is -2.47. The van der Waals surface area contributed by atoms with E-state index in [2.05, 4.69) is 4.74 Å². The Morgan fingerprint density at radius 2 is 2.10 bits per heavy atom. The van der Waals surface area contributed by atoms with E-state index >= 15 is 0 Å². The highest BCUT2D eigenvalue weighted by atomic mass is 19.3. The number of ether oxygens (including phenoxy) is 1. The monoisotopic (exact) mass is 299 g/mol. The van der Waals surface area contributed by atoms with Gasteiger partial charge in [0.2, 0.25) is 0 Å². The van der Waals surface area contributed by atoms with Crippen LogP contribution in [0.5, 0.6) is 5.75 Å². The van der Waals surface area contributed by atoms with Gasteiger partial charge in [0.1, 0.15) is 11.8 Å². The van der Waals surface area contributed by atoms with Crippen LogP contribution in [0.25, 0.3) is 0 Å². The molecule has 1 fully saturated rings. The van der Waals surface area contributed by atoms with Gasteiger partial charge in [-0.15, -0.1) is 0 Å². The second kappa shape index (κ2) is 6.51. The molecule has 2 rings (SSSR count).